The van der Waals surface area contributed by atoms with Crippen LogP contribution < -0.4 is 4.74 Å². The SMILES string of the molecule is COc1ccc(Br)cc1-c1nc(COC(=O)c2cc(C)oc2C)cs1. The van der Waals surface area contributed by atoms with Gasteiger partial charge in [-0.1, -0.05) is 15.9 Å². The number of thiazole rings is 1. The summed E-state index contributed by atoms with van der Waals surface area (Å²) in [5, 5.41) is 2.68. The molecule has 0 radical (unpaired) electrons. The summed E-state index contributed by atoms with van der Waals surface area (Å²) in [6, 6.07) is 7.42. The smallest absolute Gasteiger partial charge is 0.342 e. The number of hydrogen-bond acceptors (Lipinski definition) is 6. The molecule has 3 aromatic rings. The molecule has 0 N–H and O–H groups in total. The van der Waals surface area contributed by atoms with Crippen LogP contribution in [0.3, 0.4) is 0 Å². The number of ether oxygens (including phenoxy) is 2. The van der Waals surface area contributed by atoms with E-state index in [0.717, 1.165) is 20.8 Å². The van der Waals surface area contributed by atoms with Gasteiger partial charge in [-0.15, -0.1) is 11.3 Å². The van der Waals surface area contributed by atoms with E-state index in [1.165, 1.54) is 11.3 Å². The second-order valence-electron chi connectivity index (χ2n) is 5.39. The Kier molecular flexibility index (Phi) is 5.24. The van der Waals surface area contributed by atoms with E-state index in [1.807, 2.05) is 23.6 Å². The van der Waals surface area contributed by atoms with Crippen LogP contribution in [0.5, 0.6) is 5.75 Å². The molecule has 3 rings (SSSR count). The van der Waals surface area contributed by atoms with Gasteiger partial charge in [-0.2, -0.15) is 0 Å². The third-order valence-electron chi connectivity index (χ3n) is 3.56. The van der Waals surface area contributed by atoms with Crippen LogP contribution in [0.25, 0.3) is 10.6 Å². The second-order valence-corrected chi connectivity index (χ2v) is 7.17. The third-order valence-corrected chi connectivity index (χ3v) is 4.97. The number of carbonyl (C=O) groups is 1. The molecule has 0 bridgehead atoms. The number of aromatic nitrogens is 1. The lowest BCUT2D eigenvalue weighted by Crippen LogP contribution is -2.05. The van der Waals surface area contributed by atoms with Gasteiger partial charge in [0.1, 0.15) is 34.4 Å². The maximum absolute atomic E-state index is 12.1. The van der Waals surface area contributed by atoms with Gasteiger partial charge in [0.05, 0.1) is 18.4 Å². The van der Waals surface area contributed by atoms with E-state index < -0.39 is 5.97 Å². The summed E-state index contributed by atoms with van der Waals surface area (Å²) >= 11 is 4.93. The van der Waals surface area contributed by atoms with Crippen LogP contribution in [-0.4, -0.2) is 18.1 Å². The van der Waals surface area contributed by atoms with Crippen molar-refractivity contribution in [2.24, 2.45) is 0 Å². The first-order valence-corrected chi connectivity index (χ1v) is 9.17. The molecule has 130 valence electrons. The monoisotopic (exact) mass is 421 g/mol. The van der Waals surface area contributed by atoms with Crippen LogP contribution in [-0.2, 0) is 11.3 Å². The molecule has 0 saturated carbocycles. The Hall–Kier alpha value is -2.12. The van der Waals surface area contributed by atoms with Gasteiger partial charge in [0.2, 0.25) is 0 Å². The summed E-state index contributed by atoms with van der Waals surface area (Å²) in [5.41, 5.74) is 2.02. The van der Waals surface area contributed by atoms with Crippen molar-refractivity contribution in [2.45, 2.75) is 20.5 Å². The minimum Gasteiger partial charge on any atom is -0.496 e. The number of furan rings is 1. The van der Waals surface area contributed by atoms with Crippen LogP contribution in [0.4, 0.5) is 0 Å². The molecule has 0 unspecified atom stereocenters. The zero-order valence-electron chi connectivity index (χ0n) is 14.0. The predicted molar refractivity (Wildman–Crippen MR) is 99.1 cm³/mol. The fourth-order valence-electron chi connectivity index (χ4n) is 2.40. The quantitative estimate of drug-likeness (QED) is 0.533. The van der Waals surface area contributed by atoms with Crippen molar-refractivity contribution in [1.82, 2.24) is 4.98 Å². The Balaban J connectivity index is 1.73. The van der Waals surface area contributed by atoms with Gasteiger partial charge in [0.15, 0.2) is 0 Å². The third kappa shape index (κ3) is 3.93. The fourth-order valence-corrected chi connectivity index (χ4v) is 3.58. The van der Waals surface area contributed by atoms with Crippen molar-refractivity contribution < 1.29 is 18.7 Å². The lowest BCUT2D eigenvalue weighted by Gasteiger charge is -2.06. The topological polar surface area (TPSA) is 61.6 Å². The predicted octanol–water partition coefficient (Wildman–Crippen LogP) is 5.15. The molecular weight excluding hydrogens is 406 g/mol. The molecule has 0 aliphatic heterocycles. The summed E-state index contributed by atoms with van der Waals surface area (Å²) < 4.78 is 17.0. The van der Waals surface area contributed by atoms with E-state index >= 15 is 0 Å². The molecule has 0 spiro atoms. The largest absolute Gasteiger partial charge is 0.496 e. The number of hydrogen-bond donors (Lipinski definition) is 0. The molecule has 5 nitrogen and oxygen atoms in total. The van der Waals surface area contributed by atoms with Gasteiger partial charge >= 0.3 is 5.97 Å². The molecule has 0 fully saturated rings. The molecule has 2 aromatic heterocycles. The van der Waals surface area contributed by atoms with E-state index in [-0.39, 0.29) is 6.61 Å². The van der Waals surface area contributed by atoms with Gasteiger partial charge in [-0.3, -0.25) is 0 Å². The number of esters is 1. The van der Waals surface area contributed by atoms with E-state index in [2.05, 4.69) is 20.9 Å². The maximum atomic E-state index is 12.1. The first-order valence-electron chi connectivity index (χ1n) is 7.50. The minimum absolute atomic E-state index is 0.106. The lowest BCUT2D eigenvalue weighted by atomic mass is 10.2. The van der Waals surface area contributed by atoms with E-state index in [1.54, 1.807) is 27.0 Å². The molecule has 0 atom stereocenters. The van der Waals surface area contributed by atoms with Crippen LogP contribution in [0.2, 0.25) is 0 Å². The highest BCUT2D eigenvalue weighted by Gasteiger charge is 2.16. The van der Waals surface area contributed by atoms with Gasteiger partial charge in [0, 0.05) is 9.85 Å². The lowest BCUT2D eigenvalue weighted by molar-refractivity contribution is 0.0466. The number of aryl methyl sites for hydroxylation is 2. The number of halogens is 1. The molecule has 2 heterocycles. The van der Waals surface area contributed by atoms with Crippen LogP contribution in [0.1, 0.15) is 27.6 Å². The molecule has 0 amide bonds. The summed E-state index contributed by atoms with van der Waals surface area (Å²) in [6.45, 7) is 3.64. The highest BCUT2D eigenvalue weighted by Crippen LogP contribution is 2.34. The Morgan fingerprint density at radius 1 is 1.32 bits per heavy atom. The van der Waals surface area contributed by atoms with Crippen molar-refractivity contribution >= 4 is 33.2 Å². The zero-order chi connectivity index (χ0) is 18.0. The molecule has 7 heteroatoms. The molecule has 0 aliphatic carbocycles. The van der Waals surface area contributed by atoms with Crippen LogP contribution in [0, 0.1) is 13.8 Å². The number of rotatable bonds is 5. The standard InChI is InChI=1S/C18H16BrNO4S/c1-10-6-14(11(2)24-10)18(21)23-8-13-9-25-17(20-13)15-7-12(19)4-5-16(15)22-3/h4-7,9H,8H2,1-3H3. The summed E-state index contributed by atoms with van der Waals surface area (Å²) in [4.78, 5) is 16.7. The van der Waals surface area contributed by atoms with Crippen molar-refractivity contribution in [3.8, 4) is 16.3 Å². The first kappa shape index (κ1) is 17.7. The Bertz CT molecular complexity index is 916. The Labute approximate surface area is 157 Å². The van der Waals surface area contributed by atoms with E-state index in [4.69, 9.17) is 13.9 Å². The molecular formula is C18H16BrNO4S. The average Bonchev–Trinajstić information content (AvgIpc) is 3.19. The van der Waals surface area contributed by atoms with Gasteiger partial charge in [-0.25, -0.2) is 9.78 Å². The number of nitrogens with zero attached hydrogens (tertiary/aromatic N) is 1. The molecule has 0 saturated heterocycles. The van der Waals surface area contributed by atoms with E-state index in [9.17, 15) is 4.79 Å². The molecule has 1 aromatic carbocycles. The van der Waals surface area contributed by atoms with Crippen molar-refractivity contribution in [3.05, 3.63) is 56.9 Å². The minimum atomic E-state index is -0.413. The van der Waals surface area contributed by atoms with Crippen LogP contribution in [0.15, 0.2) is 38.5 Å². The highest BCUT2D eigenvalue weighted by molar-refractivity contribution is 9.10. The average molecular weight is 422 g/mol. The van der Waals surface area contributed by atoms with Crippen molar-refractivity contribution in [2.75, 3.05) is 7.11 Å². The van der Waals surface area contributed by atoms with Gasteiger partial charge in [-0.05, 0) is 38.1 Å². The summed E-state index contributed by atoms with van der Waals surface area (Å²) in [6.07, 6.45) is 0. The van der Waals surface area contributed by atoms with Gasteiger partial charge < -0.3 is 13.9 Å². The normalized spacial score (nSPS) is 10.7. The Morgan fingerprint density at radius 3 is 2.80 bits per heavy atom. The highest BCUT2D eigenvalue weighted by atomic mass is 79.9. The number of methoxy groups -OCH3 is 1. The van der Waals surface area contributed by atoms with E-state index in [0.29, 0.717) is 22.8 Å². The first-order chi connectivity index (χ1) is 12.0. The van der Waals surface area contributed by atoms with Gasteiger partial charge in [0.25, 0.3) is 0 Å². The Morgan fingerprint density at radius 2 is 2.12 bits per heavy atom. The number of carbonyl (C=O) groups excluding carboxylic acids is 1. The summed E-state index contributed by atoms with van der Waals surface area (Å²) in [5.74, 6) is 1.57. The summed E-state index contributed by atoms with van der Waals surface area (Å²) in [7, 11) is 1.62. The van der Waals surface area contributed by atoms with Crippen molar-refractivity contribution in [1.29, 1.82) is 0 Å². The van der Waals surface area contributed by atoms with Crippen LogP contribution >= 0.6 is 27.3 Å². The van der Waals surface area contributed by atoms with Crippen molar-refractivity contribution in [3.63, 3.8) is 0 Å². The second kappa shape index (κ2) is 7.41. The molecule has 25 heavy (non-hydrogen) atoms. The molecule has 0 aliphatic rings. The fraction of sp³-hybridized carbons (Fsp3) is 0.222. The number of benzene rings is 1. The zero-order valence-corrected chi connectivity index (χ0v) is 16.4. The maximum Gasteiger partial charge on any atom is 0.342 e.